The summed E-state index contributed by atoms with van der Waals surface area (Å²) in [6, 6.07) is 0. The molecule has 0 aromatic carbocycles. The van der Waals surface area contributed by atoms with E-state index in [0.717, 1.165) is 135 Å². The van der Waals surface area contributed by atoms with E-state index in [2.05, 4.69) is 216 Å². The van der Waals surface area contributed by atoms with Crippen molar-refractivity contribution >= 4 is 39.5 Å². The van der Waals surface area contributed by atoms with Gasteiger partial charge in [-0.1, -0.05) is 291 Å². The van der Waals surface area contributed by atoms with Crippen molar-refractivity contribution in [2.75, 3.05) is 39.6 Å². The average Bonchev–Trinajstić information content (AvgIpc) is 0.895. The van der Waals surface area contributed by atoms with Gasteiger partial charge in [-0.05, 0) is 186 Å². The van der Waals surface area contributed by atoms with Crippen LogP contribution in [0, 0.1) is 0 Å². The second kappa shape index (κ2) is 82.1. The molecule has 0 radical (unpaired) electrons. The van der Waals surface area contributed by atoms with Gasteiger partial charge in [0.25, 0.3) is 0 Å². The molecule has 0 bridgehead atoms. The van der Waals surface area contributed by atoms with Gasteiger partial charge in [0, 0.05) is 25.7 Å². The third-order valence-electron chi connectivity index (χ3n) is 16.1. The highest BCUT2D eigenvalue weighted by Crippen LogP contribution is 2.45. The Labute approximate surface area is 676 Å². The van der Waals surface area contributed by atoms with Crippen LogP contribution in [0.3, 0.4) is 0 Å². The molecule has 0 spiro atoms. The summed E-state index contributed by atoms with van der Waals surface area (Å²) in [5.41, 5.74) is 0. The first-order chi connectivity index (χ1) is 54.7. The normalized spacial score (nSPS) is 15.0. The van der Waals surface area contributed by atoms with Crippen LogP contribution in [0.5, 0.6) is 0 Å². The van der Waals surface area contributed by atoms with Gasteiger partial charge in [-0.3, -0.25) is 37.3 Å². The minimum atomic E-state index is -5.03. The lowest BCUT2D eigenvalue weighted by molar-refractivity contribution is -0.161. The van der Waals surface area contributed by atoms with Gasteiger partial charge >= 0.3 is 39.5 Å². The molecule has 17 nitrogen and oxygen atoms in total. The van der Waals surface area contributed by atoms with Crippen molar-refractivity contribution in [3.05, 3.63) is 231 Å². The molecule has 0 aliphatic rings. The molecule has 0 amide bonds. The molecule has 0 aliphatic carbocycles. The fourth-order valence-electron chi connectivity index (χ4n) is 9.84. The molecule has 0 rings (SSSR count). The van der Waals surface area contributed by atoms with E-state index in [1.807, 2.05) is 42.5 Å². The van der Waals surface area contributed by atoms with Crippen LogP contribution >= 0.6 is 15.6 Å². The number of hydrogen-bond acceptors (Lipinski definition) is 15. The van der Waals surface area contributed by atoms with Crippen LogP contribution in [-0.4, -0.2) is 96.7 Å². The number of unbranched alkanes of at least 4 members (excludes halogenated alkanes) is 11. The Morgan fingerprint density at radius 3 is 0.777 bits per heavy atom. The summed E-state index contributed by atoms with van der Waals surface area (Å²) in [4.78, 5) is 73.1. The number of hydrogen-bond donors (Lipinski definition) is 3. The second-order valence-electron chi connectivity index (χ2n) is 26.6. The monoisotopic (exact) mass is 1590 g/mol. The van der Waals surface area contributed by atoms with Crippen LogP contribution < -0.4 is 0 Å². The van der Waals surface area contributed by atoms with Crippen LogP contribution in [0.4, 0.5) is 0 Å². The summed E-state index contributed by atoms with van der Waals surface area (Å²) < 4.78 is 68.5. The number of carbonyl (C=O) groups is 4. The highest BCUT2D eigenvalue weighted by Gasteiger charge is 2.30. The van der Waals surface area contributed by atoms with Crippen LogP contribution in [-0.2, 0) is 65.4 Å². The molecule has 0 aromatic rings. The maximum absolute atomic E-state index is 13.1. The molecule has 19 heteroatoms. The first-order valence-corrected chi connectivity index (χ1v) is 44.6. The Morgan fingerprint density at radius 2 is 0.491 bits per heavy atom. The van der Waals surface area contributed by atoms with Gasteiger partial charge in [0.05, 0.1) is 26.4 Å². The number of phosphoric ester groups is 2. The van der Waals surface area contributed by atoms with Crippen molar-refractivity contribution in [1.29, 1.82) is 0 Å². The lowest BCUT2D eigenvalue weighted by atomic mass is 10.1. The minimum Gasteiger partial charge on any atom is -0.462 e. The number of allylic oxidation sites excluding steroid dienone is 38. The first-order valence-electron chi connectivity index (χ1n) is 41.6. The summed E-state index contributed by atoms with van der Waals surface area (Å²) >= 11 is 0. The van der Waals surface area contributed by atoms with E-state index in [9.17, 15) is 43.2 Å². The summed E-state index contributed by atoms with van der Waals surface area (Å²) in [5.74, 6) is -2.47. The van der Waals surface area contributed by atoms with Crippen molar-refractivity contribution in [3.63, 3.8) is 0 Å². The van der Waals surface area contributed by atoms with Crippen molar-refractivity contribution in [2.24, 2.45) is 0 Å². The van der Waals surface area contributed by atoms with Gasteiger partial charge in [0.1, 0.15) is 19.3 Å². The zero-order valence-corrected chi connectivity index (χ0v) is 70.5. The molecule has 0 heterocycles. The van der Waals surface area contributed by atoms with Gasteiger partial charge in [-0.25, -0.2) is 9.13 Å². The Hall–Kier alpha value is -6.88. The highest BCUT2D eigenvalue weighted by atomic mass is 31.2. The molecular formula is C93H144O17P2. The number of esters is 4. The molecule has 628 valence electrons. The van der Waals surface area contributed by atoms with Crippen LogP contribution in [0.15, 0.2) is 231 Å². The minimum absolute atomic E-state index is 0.00232. The molecule has 0 aromatic heterocycles. The Kier molecular flexibility index (Phi) is 77.1. The average molecular weight is 1600 g/mol. The van der Waals surface area contributed by atoms with Gasteiger partial charge in [0.2, 0.25) is 0 Å². The van der Waals surface area contributed by atoms with E-state index < -0.39 is 97.5 Å². The van der Waals surface area contributed by atoms with Crippen molar-refractivity contribution in [3.8, 4) is 0 Å². The Bertz CT molecular complexity index is 3040. The fourth-order valence-corrected chi connectivity index (χ4v) is 11.4. The number of aliphatic hydroxyl groups is 1. The molecule has 2 unspecified atom stereocenters. The number of phosphoric acid groups is 2. The van der Waals surface area contributed by atoms with E-state index in [1.165, 1.54) is 38.5 Å². The third kappa shape index (κ3) is 81.1. The topological polar surface area (TPSA) is 237 Å². The Morgan fingerprint density at radius 1 is 0.259 bits per heavy atom. The largest absolute Gasteiger partial charge is 0.472 e. The molecule has 0 saturated carbocycles. The predicted molar refractivity (Wildman–Crippen MR) is 463 cm³/mol. The predicted octanol–water partition coefficient (Wildman–Crippen LogP) is 25.0. The van der Waals surface area contributed by atoms with Crippen molar-refractivity contribution < 1.29 is 80.2 Å². The summed E-state index contributed by atoms with van der Waals surface area (Å²) in [6.07, 6.45) is 106. The standard InChI is InChI=1S/C93H144O17P2/c1-5-9-13-17-21-25-29-33-37-41-43-47-49-53-57-61-65-69-73-77-90(95)103-83-88(109-92(97)79-75-71-67-63-59-55-51-45-39-35-31-27-23-19-15-11-7-3)85-107-111(99,100)105-81-87(94)82-106-112(101,102)108-86-89(110-93(98)80-76-72-68-64-60-56-52-46-40-36-32-28-24-20-16-12-8-4)84-104-91(96)78-74-70-66-62-58-54-50-48-44-42-38-34-30-26-22-18-14-10-6-2/h9-10,13-14,21-28,33-40,43-44,47-48,51-58,63-65,67-69,87-89,94H,5-8,11-12,15-20,29-32,41-42,45-46,49-50,59-62,66,70-86H2,1-4H3,(H,99,100)(H,101,102)/b13-9-,14-10-,25-21-,26-22-,27-23-,28-24-,37-33-,38-34-,39-35-,40-36-,47-43-,48-44-,55-51-,56-52-,57-53-,58-54-,67-63-,68-64-,69-65-/t87-,88-,89-/m1/s1. The van der Waals surface area contributed by atoms with E-state index in [-0.39, 0.29) is 25.7 Å². The van der Waals surface area contributed by atoms with Gasteiger partial charge in [0.15, 0.2) is 12.2 Å². The Balaban J connectivity index is 5.61. The number of ether oxygens (including phenoxy) is 4. The first kappa shape index (κ1) is 105. The molecular weight excluding hydrogens is 1450 g/mol. The molecule has 112 heavy (non-hydrogen) atoms. The smallest absolute Gasteiger partial charge is 0.462 e. The number of carbonyl (C=O) groups excluding carboxylic acids is 4. The van der Waals surface area contributed by atoms with E-state index >= 15 is 0 Å². The summed E-state index contributed by atoms with van der Waals surface area (Å²) in [6.45, 7) is 4.30. The highest BCUT2D eigenvalue weighted by molar-refractivity contribution is 7.47. The number of aliphatic hydroxyl groups excluding tert-OH is 1. The van der Waals surface area contributed by atoms with Crippen molar-refractivity contribution in [1.82, 2.24) is 0 Å². The fraction of sp³-hybridized carbons (Fsp3) is 0.548. The van der Waals surface area contributed by atoms with E-state index in [1.54, 1.807) is 0 Å². The van der Waals surface area contributed by atoms with Gasteiger partial charge in [-0.2, -0.15) is 0 Å². The van der Waals surface area contributed by atoms with Crippen LogP contribution in [0.1, 0.15) is 272 Å². The zero-order chi connectivity index (χ0) is 81.7. The quantitative estimate of drug-likeness (QED) is 0.0169. The maximum atomic E-state index is 13.1. The van der Waals surface area contributed by atoms with E-state index in [4.69, 9.17) is 37.0 Å². The second-order valence-corrected chi connectivity index (χ2v) is 29.5. The SMILES string of the molecule is CC/C=C\C/C=C\C/C=C\C/C=C\C/C=C\C/C=C\CCC(=O)OC[C@H](COP(=O)(O)OC[C@@H](O)COP(=O)(O)OC[C@@H](COC(=O)CCCCC/C=C\C/C=C\C/C=C\C/C=C\C/C=C\CC)OC(=O)CCC/C=C\C/C=C\C/C=C\C/C=C\CCCCC)OC(=O)CCC/C=C\C/C=C\C/C=C\C/C=C\CCCCC. The van der Waals surface area contributed by atoms with Gasteiger partial charge in [-0.15, -0.1) is 0 Å². The molecule has 0 aliphatic heterocycles. The summed E-state index contributed by atoms with van der Waals surface area (Å²) in [5, 5.41) is 10.7. The molecule has 5 atom stereocenters. The van der Waals surface area contributed by atoms with E-state index in [0.29, 0.717) is 44.9 Å². The number of rotatable bonds is 75. The van der Waals surface area contributed by atoms with Crippen LogP contribution in [0.2, 0.25) is 0 Å². The van der Waals surface area contributed by atoms with Gasteiger partial charge < -0.3 is 33.8 Å². The lowest BCUT2D eigenvalue weighted by Crippen LogP contribution is -2.30. The lowest BCUT2D eigenvalue weighted by Gasteiger charge is -2.21. The summed E-state index contributed by atoms with van der Waals surface area (Å²) in [7, 11) is -10.1. The molecule has 0 saturated heterocycles. The zero-order valence-electron chi connectivity index (χ0n) is 68.7. The maximum Gasteiger partial charge on any atom is 0.472 e. The van der Waals surface area contributed by atoms with Crippen molar-refractivity contribution in [2.45, 2.75) is 290 Å². The third-order valence-corrected chi connectivity index (χ3v) is 18.0. The molecule has 3 N–H and O–H groups in total. The van der Waals surface area contributed by atoms with Crippen LogP contribution in [0.25, 0.3) is 0 Å². The molecule has 0 fully saturated rings.